The predicted molar refractivity (Wildman–Crippen MR) is 58.7 cm³/mol. The smallest absolute Gasteiger partial charge is 0.155 e. The molecule has 0 aromatic carbocycles. The van der Waals surface area contributed by atoms with Gasteiger partial charge in [-0.15, -0.1) is 0 Å². The molecule has 15 heavy (non-hydrogen) atoms. The zero-order valence-electron chi connectivity index (χ0n) is 8.28. The molecular formula is C10H11N5. The number of nitrogens with two attached hydrogens (primary N) is 1. The van der Waals surface area contributed by atoms with Gasteiger partial charge in [0.2, 0.25) is 0 Å². The van der Waals surface area contributed by atoms with Crippen LogP contribution in [0.15, 0.2) is 30.2 Å². The number of rotatable bonds is 2. The lowest BCUT2D eigenvalue weighted by Crippen LogP contribution is -2.00. The van der Waals surface area contributed by atoms with Gasteiger partial charge < -0.3 is 11.1 Å². The van der Waals surface area contributed by atoms with Gasteiger partial charge in [-0.25, -0.2) is 4.98 Å². The van der Waals surface area contributed by atoms with Crippen LogP contribution < -0.4 is 5.73 Å². The zero-order chi connectivity index (χ0) is 10.8. The standard InChI is InChI=1S/C10H11N5/c1-6(11)2-9(12)7-3-8-5-14-15-10(8)13-4-7/h2-5,12H,11H2,1H3,(H,13,14,15)/b6-2+,12-9?. The van der Waals surface area contributed by atoms with Crippen molar-refractivity contribution in [2.24, 2.45) is 5.73 Å². The summed E-state index contributed by atoms with van der Waals surface area (Å²) in [5.74, 6) is 0. The van der Waals surface area contributed by atoms with Crippen LogP contribution in [0.5, 0.6) is 0 Å². The van der Waals surface area contributed by atoms with Gasteiger partial charge in [-0.1, -0.05) is 0 Å². The van der Waals surface area contributed by atoms with E-state index in [2.05, 4.69) is 15.2 Å². The number of allylic oxidation sites excluding steroid dienone is 2. The second-order valence-electron chi connectivity index (χ2n) is 3.33. The van der Waals surface area contributed by atoms with Crippen molar-refractivity contribution < 1.29 is 0 Å². The van der Waals surface area contributed by atoms with Crippen LogP contribution in [0, 0.1) is 5.41 Å². The molecule has 2 heterocycles. The highest BCUT2D eigenvalue weighted by Gasteiger charge is 2.02. The molecule has 76 valence electrons. The monoisotopic (exact) mass is 201 g/mol. The number of hydrogen-bond donors (Lipinski definition) is 3. The summed E-state index contributed by atoms with van der Waals surface area (Å²) >= 11 is 0. The number of aromatic amines is 1. The quantitative estimate of drug-likeness (QED) is 0.637. The van der Waals surface area contributed by atoms with Crippen LogP contribution >= 0.6 is 0 Å². The molecular weight excluding hydrogens is 190 g/mol. The third-order valence-corrected chi connectivity index (χ3v) is 1.97. The minimum atomic E-state index is 0.352. The minimum Gasteiger partial charge on any atom is -0.402 e. The first kappa shape index (κ1) is 9.39. The van der Waals surface area contributed by atoms with E-state index in [1.54, 1.807) is 25.4 Å². The molecule has 0 fully saturated rings. The van der Waals surface area contributed by atoms with Crippen LogP contribution in [-0.4, -0.2) is 20.9 Å². The largest absolute Gasteiger partial charge is 0.402 e. The van der Waals surface area contributed by atoms with Gasteiger partial charge in [0.1, 0.15) is 0 Å². The van der Waals surface area contributed by atoms with E-state index in [9.17, 15) is 0 Å². The molecule has 0 amide bonds. The number of nitrogens with one attached hydrogen (secondary N) is 2. The highest BCUT2D eigenvalue weighted by Crippen LogP contribution is 2.10. The molecule has 0 aliphatic carbocycles. The Morgan fingerprint density at radius 2 is 2.33 bits per heavy atom. The van der Waals surface area contributed by atoms with E-state index in [1.807, 2.05) is 6.07 Å². The van der Waals surface area contributed by atoms with E-state index in [0.717, 1.165) is 16.6 Å². The van der Waals surface area contributed by atoms with E-state index in [1.165, 1.54) is 0 Å². The third kappa shape index (κ3) is 1.85. The van der Waals surface area contributed by atoms with Gasteiger partial charge in [0.05, 0.1) is 11.9 Å². The number of H-pyrrole nitrogens is 1. The molecule has 0 aliphatic heterocycles. The number of fused-ring (bicyclic) bond motifs is 1. The molecule has 2 rings (SSSR count). The van der Waals surface area contributed by atoms with Crippen molar-refractivity contribution in [2.75, 3.05) is 0 Å². The predicted octanol–water partition coefficient (Wildman–Crippen LogP) is 1.19. The van der Waals surface area contributed by atoms with E-state index >= 15 is 0 Å². The van der Waals surface area contributed by atoms with Crippen LogP contribution in [0.4, 0.5) is 0 Å². The molecule has 2 aromatic rings. The molecule has 0 bridgehead atoms. The number of aromatic nitrogens is 3. The van der Waals surface area contributed by atoms with Crippen molar-refractivity contribution in [1.82, 2.24) is 15.2 Å². The third-order valence-electron chi connectivity index (χ3n) is 1.97. The Morgan fingerprint density at radius 3 is 3.07 bits per heavy atom. The highest BCUT2D eigenvalue weighted by molar-refractivity contribution is 6.07. The molecule has 0 atom stereocenters. The van der Waals surface area contributed by atoms with Gasteiger partial charge in [-0.05, 0) is 19.1 Å². The van der Waals surface area contributed by atoms with Crippen molar-refractivity contribution in [3.63, 3.8) is 0 Å². The van der Waals surface area contributed by atoms with Crippen molar-refractivity contribution in [2.45, 2.75) is 6.92 Å². The van der Waals surface area contributed by atoms with E-state index in [-0.39, 0.29) is 0 Å². The van der Waals surface area contributed by atoms with Gasteiger partial charge in [0.15, 0.2) is 5.65 Å². The summed E-state index contributed by atoms with van der Waals surface area (Å²) in [7, 11) is 0. The molecule has 0 aliphatic rings. The normalized spacial score (nSPS) is 11.9. The first-order valence-corrected chi connectivity index (χ1v) is 4.48. The molecule has 2 aromatic heterocycles. The van der Waals surface area contributed by atoms with Crippen LogP contribution in [0.3, 0.4) is 0 Å². The average Bonchev–Trinajstić information content (AvgIpc) is 2.62. The number of pyridine rings is 1. The van der Waals surface area contributed by atoms with Gasteiger partial charge in [0, 0.05) is 22.8 Å². The number of hydrogen-bond acceptors (Lipinski definition) is 4. The molecule has 0 spiro atoms. The maximum absolute atomic E-state index is 7.76. The van der Waals surface area contributed by atoms with Gasteiger partial charge in [0.25, 0.3) is 0 Å². The zero-order valence-corrected chi connectivity index (χ0v) is 8.28. The molecule has 5 heteroatoms. The summed E-state index contributed by atoms with van der Waals surface area (Å²) < 4.78 is 0. The first-order chi connectivity index (χ1) is 7.16. The Labute approximate surface area is 86.5 Å². The topological polar surface area (TPSA) is 91.4 Å². The van der Waals surface area contributed by atoms with E-state index < -0.39 is 0 Å². The van der Waals surface area contributed by atoms with Crippen LogP contribution in [0.2, 0.25) is 0 Å². The average molecular weight is 201 g/mol. The van der Waals surface area contributed by atoms with Gasteiger partial charge in [-0.2, -0.15) is 5.10 Å². The number of nitrogens with zero attached hydrogens (tertiary/aromatic N) is 2. The van der Waals surface area contributed by atoms with Crippen molar-refractivity contribution in [1.29, 1.82) is 5.41 Å². The van der Waals surface area contributed by atoms with Crippen LogP contribution in [0.25, 0.3) is 11.0 Å². The Hall–Kier alpha value is -2.17. The van der Waals surface area contributed by atoms with Crippen LogP contribution in [-0.2, 0) is 0 Å². The first-order valence-electron chi connectivity index (χ1n) is 4.48. The summed E-state index contributed by atoms with van der Waals surface area (Å²) in [4.78, 5) is 4.14. The van der Waals surface area contributed by atoms with E-state index in [0.29, 0.717) is 11.4 Å². The SMILES string of the molecule is C/C(N)=C\C(=N)c1cnc2[nH]ncc2c1. The van der Waals surface area contributed by atoms with Gasteiger partial charge >= 0.3 is 0 Å². The van der Waals surface area contributed by atoms with Crippen molar-refractivity contribution in [3.8, 4) is 0 Å². The molecule has 0 unspecified atom stereocenters. The molecule has 0 radical (unpaired) electrons. The Bertz CT molecular complexity index is 533. The van der Waals surface area contributed by atoms with Gasteiger partial charge in [-0.3, -0.25) is 5.10 Å². The summed E-state index contributed by atoms with van der Waals surface area (Å²) in [6.45, 7) is 1.75. The fourth-order valence-corrected chi connectivity index (χ4v) is 1.29. The molecule has 0 saturated carbocycles. The Balaban J connectivity index is 2.44. The maximum atomic E-state index is 7.76. The fraction of sp³-hybridized carbons (Fsp3) is 0.100. The minimum absolute atomic E-state index is 0.352. The fourth-order valence-electron chi connectivity index (χ4n) is 1.29. The second kappa shape index (κ2) is 3.53. The van der Waals surface area contributed by atoms with E-state index in [4.69, 9.17) is 11.1 Å². The van der Waals surface area contributed by atoms with Crippen molar-refractivity contribution >= 4 is 16.7 Å². The summed E-state index contributed by atoms with van der Waals surface area (Å²) in [5, 5.41) is 15.3. The maximum Gasteiger partial charge on any atom is 0.155 e. The summed E-state index contributed by atoms with van der Waals surface area (Å²) in [5.41, 5.74) is 7.91. The van der Waals surface area contributed by atoms with Crippen LogP contribution in [0.1, 0.15) is 12.5 Å². The lowest BCUT2D eigenvalue weighted by molar-refractivity contribution is 1.10. The molecule has 5 nitrogen and oxygen atoms in total. The lowest BCUT2D eigenvalue weighted by Gasteiger charge is -1.98. The second-order valence-corrected chi connectivity index (χ2v) is 3.33. The summed E-state index contributed by atoms with van der Waals surface area (Å²) in [6, 6.07) is 1.85. The summed E-state index contributed by atoms with van der Waals surface area (Å²) in [6.07, 6.45) is 4.91. The Morgan fingerprint density at radius 1 is 1.53 bits per heavy atom. The lowest BCUT2D eigenvalue weighted by atomic mass is 10.1. The van der Waals surface area contributed by atoms with Crippen molar-refractivity contribution in [3.05, 3.63) is 35.8 Å². The Kier molecular flexibility index (Phi) is 2.21. The molecule has 4 N–H and O–H groups in total. The molecule has 0 saturated heterocycles. The highest BCUT2D eigenvalue weighted by atomic mass is 15.1.